The predicted molar refractivity (Wildman–Crippen MR) is 123 cm³/mol. The number of amides is 1. The van der Waals surface area contributed by atoms with E-state index in [1.165, 1.54) is 11.8 Å². The smallest absolute Gasteiger partial charge is 0.251 e. The first-order chi connectivity index (χ1) is 15.1. The average Bonchev–Trinajstić information content (AvgIpc) is 3.21. The molecule has 3 heterocycles. The highest BCUT2D eigenvalue weighted by Gasteiger charge is 2.20. The lowest BCUT2D eigenvalue weighted by molar-refractivity contribution is 0.0952. The van der Waals surface area contributed by atoms with Crippen LogP contribution in [-0.2, 0) is 11.3 Å². The maximum absolute atomic E-state index is 12.6. The first-order valence-corrected chi connectivity index (χ1v) is 11.4. The van der Waals surface area contributed by atoms with Crippen LogP contribution in [0.25, 0.3) is 11.0 Å². The Kier molecular flexibility index (Phi) is 6.57. The summed E-state index contributed by atoms with van der Waals surface area (Å²) in [5.74, 6) is 0.794. The van der Waals surface area contributed by atoms with Gasteiger partial charge in [0.05, 0.1) is 31.3 Å². The van der Waals surface area contributed by atoms with Crippen molar-refractivity contribution in [2.75, 3.05) is 63.0 Å². The molecule has 4 rings (SSSR count). The fourth-order valence-corrected chi connectivity index (χ4v) is 3.85. The van der Waals surface area contributed by atoms with E-state index in [1.807, 2.05) is 60.4 Å². The van der Waals surface area contributed by atoms with E-state index in [2.05, 4.69) is 20.3 Å². The Morgan fingerprint density at radius 2 is 2.06 bits per heavy atom. The third-order valence-corrected chi connectivity index (χ3v) is 5.73. The minimum absolute atomic E-state index is 0.103. The number of rotatable bonds is 7. The Morgan fingerprint density at radius 3 is 2.81 bits per heavy atom. The molecule has 0 spiro atoms. The van der Waals surface area contributed by atoms with Gasteiger partial charge in [0, 0.05) is 45.0 Å². The summed E-state index contributed by atoms with van der Waals surface area (Å²) in [4.78, 5) is 26.2. The Hall–Kier alpha value is -2.85. The van der Waals surface area contributed by atoms with Crippen molar-refractivity contribution < 1.29 is 9.53 Å². The number of nitrogens with zero attached hydrogens (tertiary/aromatic N) is 6. The monoisotopic (exact) mass is 441 g/mol. The number of carbonyl (C=O) groups excluding carboxylic acids is 1. The highest BCUT2D eigenvalue weighted by molar-refractivity contribution is 7.98. The van der Waals surface area contributed by atoms with Crippen molar-refractivity contribution in [3.63, 3.8) is 0 Å². The predicted octanol–water partition coefficient (Wildman–Crippen LogP) is 1.88. The molecule has 0 radical (unpaired) electrons. The zero-order chi connectivity index (χ0) is 21.8. The summed E-state index contributed by atoms with van der Waals surface area (Å²) in [7, 11) is 3.91. The van der Waals surface area contributed by atoms with E-state index in [0.717, 1.165) is 35.6 Å². The Balaban J connectivity index is 1.49. The number of hydrogen-bond acceptors (Lipinski definition) is 8. The summed E-state index contributed by atoms with van der Waals surface area (Å²) >= 11 is 1.51. The van der Waals surface area contributed by atoms with Gasteiger partial charge in [0.2, 0.25) is 0 Å². The number of anilines is 2. The van der Waals surface area contributed by atoms with Crippen LogP contribution in [0.3, 0.4) is 0 Å². The van der Waals surface area contributed by atoms with Crippen molar-refractivity contribution in [1.82, 2.24) is 25.1 Å². The molecular weight excluding hydrogens is 414 g/mol. The molecule has 1 fully saturated rings. The highest BCUT2D eigenvalue weighted by Crippen LogP contribution is 2.27. The van der Waals surface area contributed by atoms with Crippen LogP contribution in [0.1, 0.15) is 10.4 Å². The van der Waals surface area contributed by atoms with Gasteiger partial charge in [-0.25, -0.2) is 14.6 Å². The van der Waals surface area contributed by atoms with Gasteiger partial charge in [0.15, 0.2) is 10.8 Å². The van der Waals surface area contributed by atoms with Gasteiger partial charge in [0.25, 0.3) is 5.91 Å². The van der Waals surface area contributed by atoms with E-state index >= 15 is 0 Å². The fraction of sp³-hybridized carbons (Fsp3) is 0.429. The summed E-state index contributed by atoms with van der Waals surface area (Å²) in [5, 5.41) is 9.13. The number of fused-ring (bicyclic) bond motifs is 1. The third-order valence-electron chi connectivity index (χ3n) is 5.18. The van der Waals surface area contributed by atoms with Crippen LogP contribution in [0.2, 0.25) is 0 Å². The van der Waals surface area contributed by atoms with Gasteiger partial charge in [-0.15, -0.1) is 0 Å². The zero-order valence-electron chi connectivity index (χ0n) is 18.0. The highest BCUT2D eigenvalue weighted by atomic mass is 32.2. The van der Waals surface area contributed by atoms with Gasteiger partial charge >= 0.3 is 0 Å². The van der Waals surface area contributed by atoms with Gasteiger partial charge in [0.1, 0.15) is 5.82 Å². The molecule has 1 aliphatic rings. The zero-order valence-corrected chi connectivity index (χ0v) is 18.9. The van der Waals surface area contributed by atoms with Gasteiger partial charge in [-0.3, -0.25) is 4.79 Å². The van der Waals surface area contributed by atoms with Crippen LogP contribution in [-0.4, -0.2) is 78.9 Å². The molecule has 0 atom stereocenters. The number of ether oxygens (including phenoxy) is 1. The van der Waals surface area contributed by atoms with E-state index in [9.17, 15) is 4.79 Å². The normalized spacial score (nSPS) is 14.1. The lowest BCUT2D eigenvalue weighted by atomic mass is 10.2. The molecule has 1 N–H and O–H groups in total. The van der Waals surface area contributed by atoms with Gasteiger partial charge in [-0.2, -0.15) is 5.10 Å². The number of carbonyl (C=O) groups is 1. The molecule has 3 aromatic rings. The second kappa shape index (κ2) is 9.52. The lowest BCUT2D eigenvalue weighted by Crippen LogP contribution is -2.37. The molecule has 1 saturated heterocycles. The summed E-state index contributed by atoms with van der Waals surface area (Å²) in [6.45, 7) is 3.95. The molecule has 0 bridgehead atoms. The minimum atomic E-state index is -0.103. The third kappa shape index (κ3) is 4.75. The fourth-order valence-electron chi connectivity index (χ4n) is 3.49. The Labute approximate surface area is 185 Å². The van der Waals surface area contributed by atoms with Crippen molar-refractivity contribution in [2.45, 2.75) is 11.7 Å². The van der Waals surface area contributed by atoms with E-state index in [0.29, 0.717) is 37.0 Å². The molecule has 2 aromatic heterocycles. The van der Waals surface area contributed by atoms with E-state index in [1.54, 1.807) is 0 Å². The molecule has 0 unspecified atom stereocenters. The summed E-state index contributed by atoms with van der Waals surface area (Å²) < 4.78 is 7.30. The Bertz CT molecular complexity index is 1060. The molecule has 10 heteroatoms. The summed E-state index contributed by atoms with van der Waals surface area (Å²) in [6.07, 6.45) is 3.78. The number of nitrogens with one attached hydrogen (secondary N) is 1. The first kappa shape index (κ1) is 21.4. The molecule has 1 aliphatic heterocycles. The van der Waals surface area contributed by atoms with Crippen LogP contribution in [0.15, 0.2) is 35.6 Å². The second-order valence-electron chi connectivity index (χ2n) is 7.44. The number of thioether (sulfide) groups is 1. The van der Waals surface area contributed by atoms with Crippen LogP contribution in [0, 0.1) is 0 Å². The largest absolute Gasteiger partial charge is 0.378 e. The molecular formula is C21H27N7O2S. The first-order valence-electron chi connectivity index (χ1n) is 10.2. The van der Waals surface area contributed by atoms with E-state index in [-0.39, 0.29) is 5.91 Å². The van der Waals surface area contributed by atoms with Crippen molar-refractivity contribution in [2.24, 2.45) is 0 Å². The number of morpholine rings is 1. The molecule has 164 valence electrons. The van der Waals surface area contributed by atoms with E-state index in [4.69, 9.17) is 9.72 Å². The van der Waals surface area contributed by atoms with Crippen molar-refractivity contribution in [3.8, 4) is 0 Å². The molecule has 31 heavy (non-hydrogen) atoms. The van der Waals surface area contributed by atoms with Crippen LogP contribution in [0.5, 0.6) is 0 Å². The van der Waals surface area contributed by atoms with Gasteiger partial charge in [-0.05, 0) is 24.5 Å². The molecule has 0 aliphatic carbocycles. The van der Waals surface area contributed by atoms with E-state index < -0.39 is 0 Å². The topological polar surface area (TPSA) is 88.4 Å². The van der Waals surface area contributed by atoms with Crippen molar-refractivity contribution in [3.05, 3.63) is 36.0 Å². The average molecular weight is 442 g/mol. The quantitative estimate of drug-likeness (QED) is 0.439. The minimum Gasteiger partial charge on any atom is -0.378 e. The number of aromatic nitrogens is 4. The van der Waals surface area contributed by atoms with Gasteiger partial charge < -0.3 is 19.9 Å². The maximum atomic E-state index is 12.6. The standard InChI is InChI=1S/C21H27N7O2S/c1-26(2)16-6-4-5-15(13-16)20(29)22-7-8-28-19-17(14-23-28)18(24-21(25-19)31-3)27-9-11-30-12-10-27/h4-6,13-14H,7-12H2,1-3H3,(H,22,29). The van der Waals surface area contributed by atoms with Crippen LogP contribution >= 0.6 is 11.8 Å². The lowest BCUT2D eigenvalue weighted by Gasteiger charge is -2.28. The van der Waals surface area contributed by atoms with Crippen LogP contribution < -0.4 is 15.1 Å². The summed E-state index contributed by atoms with van der Waals surface area (Å²) in [6, 6.07) is 7.56. The van der Waals surface area contributed by atoms with Crippen molar-refractivity contribution in [1.29, 1.82) is 0 Å². The van der Waals surface area contributed by atoms with Gasteiger partial charge in [-0.1, -0.05) is 17.8 Å². The molecule has 1 amide bonds. The number of benzene rings is 1. The summed E-state index contributed by atoms with van der Waals surface area (Å²) in [5.41, 5.74) is 2.41. The maximum Gasteiger partial charge on any atom is 0.251 e. The molecule has 9 nitrogen and oxygen atoms in total. The molecule has 0 saturated carbocycles. The van der Waals surface area contributed by atoms with Crippen LogP contribution in [0.4, 0.5) is 11.5 Å². The number of hydrogen-bond donors (Lipinski definition) is 1. The molecule has 1 aromatic carbocycles. The SMILES string of the molecule is CSc1nc(N2CCOCC2)c2cnn(CCNC(=O)c3cccc(N(C)C)c3)c2n1. The Morgan fingerprint density at radius 1 is 1.26 bits per heavy atom. The van der Waals surface area contributed by atoms with Crippen molar-refractivity contribution >= 4 is 40.2 Å². The second-order valence-corrected chi connectivity index (χ2v) is 8.21.